The highest BCUT2D eigenvalue weighted by Gasteiger charge is 2.13. The van der Waals surface area contributed by atoms with E-state index >= 15 is 0 Å². The topological polar surface area (TPSA) is 9.23 Å². The molecule has 0 amide bonds. The second-order valence-electron chi connectivity index (χ2n) is 5.14. The Kier molecular flexibility index (Phi) is 3.74. The molecule has 1 aliphatic carbocycles. The van der Waals surface area contributed by atoms with Crippen LogP contribution in [0.5, 0.6) is 5.75 Å². The van der Waals surface area contributed by atoms with Gasteiger partial charge >= 0.3 is 0 Å². The molecule has 0 aliphatic heterocycles. The molecule has 0 fully saturated rings. The van der Waals surface area contributed by atoms with Gasteiger partial charge in [-0.3, -0.25) is 0 Å². The fraction of sp³-hybridized carbons (Fsp3) is 0.222. The van der Waals surface area contributed by atoms with Gasteiger partial charge in [0, 0.05) is 6.07 Å². The third kappa shape index (κ3) is 2.97. The molecule has 1 nitrogen and oxygen atoms in total. The molecule has 0 spiro atoms. The van der Waals surface area contributed by atoms with Crippen molar-refractivity contribution >= 4 is 5.57 Å². The van der Waals surface area contributed by atoms with Crippen LogP contribution in [0.3, 0.4) is 0 Å². The number of benzene rings is 2. The predicted molar refractivity (Wildman–Crippen MR) is 78.0 cm³/mol. The fourth-order valence-corrected chi connectivity index (χ4v) is 2.65. The van der Waals surface area contributed by atoms with Crippen LogP contribution in [0.15, 0.2) is 36.4 Å². The summed E-state index contributed by atoms with van der Waals surface area (Å²) < 4.78 is 32.0. The first-order valence-corrected chi connectivity index (χ1v) is 6.92. The third-order valence-electron chi connectivity index (χ3n) is 3.68. The average Bonchev–Trinajstić information content (AvgIpc) is 2.67. The van der Waals surface area contributed by atoms with E-state index in [-0.39, 0.29) is 0 Å². The number of aryl methyl sites for hydroxylation is 1. The first kappa shape index (κ1) is 13.8. The molecule has 0 saturated heterocycles. The lowest BCUT2D eigenvalue weighted by Crippen LogP contribution is -1.90. The van der Waals surface area contributed by atoms with Crippen LogP contribution in [0, 0.1) is 17.7 Å². The minimum atomic E-state index is -0.557. The molecule has 2 aromatic carbocycles. The number of rotatable bonds is 2. The van der Waals surface area contributed by atoms with Crippen LogP contribution >= 0.6 is 0 Å². The van der Waals surface area contributed by atoms with E-state index in [4.69, 9.17) is 4.74 Å². The summed E-state index contributed by atoms with van der Waals surface area (Å²) >= 11 is 0. The maximum absolute atomic E-state index is 13.4. The van der Waals surface area contributed by atoms with E-state index in [0.29, 0.717) is 5.56 Å². The summed E-state index contributed by atoms with van der Waals surface area (Å²) in [5.41, 5.74) is 3.53. The Labute approximate surface area is 122 Å². The molecule has 0 saturated carbocycles. The third-order valence-corrected chi connectivity index (χ3v) is 3.68. The number of hydrogen-bond acceptors (Lipinski definition) is 1. The van der Waals surface area contributed by atoms with Gasteiger partial charge in [-0.05, 0) is 71.9 Å². The van der Waals surface area contributed by atoms with Gasteiger partial charge in [0.25, 0.3) is 0 Å². The SMILES string of the molecule is COc1ccc2c(c1)CCCC(c1cc(F)cc(F)c1)=[C]2. The summed E-state index contributed by atoms with van der Waals surface area (Å²) in [6, 6.07) is 9.42. The number of ether oxygens (including phenoxy) is 1. The molecule has 0 aromatic heterocycles. The maximum atomic E-state index is 13.4. The zero-order chi connectivity index (χ0) is 14.8. The average molecular weight is 285 g/mol. The van der Waals surface area contributed by atoms with Gasteiger partial charge in [-0.15, -0.1) is 0 Å². The highest BCUT2D eigenvalue weighted by molar-refractivity contribution is 5.67. The summed E-state index contributed by atoms with van der Waals surface area (Å²) in [6.45, 7) is 0. The Morgan fingerprint density at radius 1 is 1.00 bits per heavy atom. The lowest BCUT2D eigenvalue weighted by molar-refractivity contribution is 0.414. The molecule has 21 heavy (non-hydrogen) atoms. The van der Waals surface area contributed by atoms with Crippen molar-refractivity contribution < 1.29 is 13.5 Å². The minimum absolute atomic E-state index is 0.557. The molecule has 2 aromatic rings. The number of methoxy groups -OCH3 is 1. The van der Waals surface area contributed by atoms with Crippen molar-refractivity contribution in [3.8, 4) is 5.75 Å². The quantitative estimate of drug-likeness (QED) is 0.787. The number of allylic oxidation sites excluding steroid dienone is 1. The summed E-state index contributed by atoms with van der Waals surface area (Å²) in [6.07, 6.45) is 5.88. The predicted octanol–water partition coefficient (Wildman–Crippen LogP) is 4.54. The largest absolute Gasteiger partial charge is 0.497 e. The van der Waals surface area contributed by atoms with Crippen LogP contribution < -0.4 is 4.74 Å². The number of halogens is 2. The summed E-state index contributed by atoms with van der Waals surface area (Å²) in [5.74, 6) is -0.298. The Hall–Kier alpha value is -2.16. The molecule has 107 valence electrons. The first-order chi connectivity index (χ1) is 10.2. The van der Waals surface area contributed by atoms with Crippen LogP contribution in [0.2, 0.25) is 0 Å². The van der Waals surface area contributed by atoms with E-state index in [1.54, 1.807) is 7.11 Å². The van der Waals surface area contributed by atoms with Crippen molar-refractivity contribution in [3.05, 3.63) is 70.8 Å². The van der Waals surface area contributed by atoms with Gasteiger partial charge in [-0.2, -0.15) is 0 Å². The molecular weight excluding hydrogens is 270 g/mol. The van der Waals surface area contributed by atoms with Crippen molar-refractivity contribution in [1.29, 1.82) is 0 Å². The van der Waals surface area contributed by atoms with E-state index in [2.05, 4.69) is 6.08 Å². The van der Waals surface area contributed by atoms with Crippen molar-refractivity contribution in [2.45, 2.75) is 19.3 Å². The minimum Gasteiger partial charge on any atom is -0.497 e. The van der Waals surface area contributed by atoms with Gasteiger partial charge in [0.15, 0.2) is 0 Å². The van der Waals surface area contributed by atoms with E-state index in [0.717, 1.165) is 47.8 Å². The highest BCUT2D eigenvalue weighted by atomic mass is 19.1. The van der Waals surface area contributed by atoms with Crippen LogP contribution in [-0.2, 0) is 6.42 Å². The van der Waals surface area contributed by atoms with Crippen molar-refractivity contribution in [1.82, 2.24) is 0 Å². The molecule has 1 aliphatic rings. The van der Waals surface area contributed by atoms with Gasteiger partial charge in [0.05, 0.1) is 7.11 Å². The van der Waals surface area contributed by atoms with Crippen LogP contribution in [0.25, 0.3) is 5.57 Å². The van der Waals surface area contributed by atoms with E-state index < -0.39 is 11.6 Å². The van der Waals surface area contributed by atoms with Gasteiger partial charge in [-0.1, -0.05) is 6.07 Å². The Morgan fingerprint density at radius 2 is 1.76 bits per heavy atom. The molecule has 3 rings (SSSR count). The fourth-order valence-electron chi connectivity index (χ4n) is 2.65. The van der Waals surface area contributed by atoms with Crippen molar-refractivity contribution in [3.63, 3.8) is 0 Å². The van der Waals surface area contributed by atoms with E-state index in [1.807, 2.05) is 18.2 Å². The Balaban J connectivity index is 2.04. The van der Waals surface area contributed by atoms with Crippen LogP contribution in [0.1, 0.15) is 29.5 Å². The molecule has 3 heteroatoms. The summed E-state index contributed by atoms with van der Waals surface area (Å²) in [7, 11) is 1.64. The number of fused-ring (bicyclic) bond motifs is 1. The molecule has 0 bridgehead atoms. The Bertz CT molecular complexity index is 684. The maximum Gasteiger partial charge on any atom is 0.126 e. The van der Waals surface area contributed by atoms with Crippen molar-refractivity contribution in [2.75, 3.05) is 7.11 Å². The van der Waals surface area contributed by atoms with Crippen LogP contribution in [-0.4, -0.2) is 7.11 Å². The van der Waals surface area contributed by atoms with Crippen LogP contribution in [0.4, 0.5) is 8.78 Å². The monoisotopic (exact) mass is 285 g/mol. The Morgan fingerprint density at radius 3 is 2.48 bits per heavy atom. The normalized spacial score (nSPS) is 14.1. The van der Waals surface area contributed by atoms with Crippen molar-refractivity contribution in [2.24, 2.45) is 0 Å². The van der Waals surface area contributed by atoms with E-state index in [9.17, 15) is 8.78 Å². The van der Waals surface area contributed by atoms with Gasteiger partial charge in [-0.25, -0.2) is 8.78 Å². The highest BCUT2D eigenvalue weighted by Crippen LogP contribution is 2.30. The standard InChI is InChI=1S/C18H15F2O/c1-21-18-6-5-14-7-12(3-2-4-13(14)10-18)15-8-16(19)11-17(20)9-15/h5-6,8-11H,2-4H2,1H3. The summed E-state index contributed by atoms with van der Waals surface area (Å²) in [5, 5.41) is 0. The zero-order valence-corrected chi connectivity index (χ0v) is 11.7. The summed E-state index contributed by atoms with van der Waals surface area (Å²) in [4.78, 5) is 0. The van der Waals surface area contributed by atoms with Gasteiger partial charge in [0.1, 0.15) is 17.4 Å². The van der Waals surface area contributed by atoms with E-state index in [1.165, 1.54) is 12.1 Å². The zero-order valence-electron chi connectivity index (χ0n) is 11.7. The lowest BCUT2D eigenvalue weighted by atomic mass is 10.0. The lowest BCUT2D eigenvalue weighted by Gasteiger charge is -2.06. The first-order valence-electron chi connectivity index (χ1n) is 6.92. The van der Waals surface area contributed by atoms with Gasteiger partial charge < -0.3 is 4.74 Å². The molecule has 0 unspecified atom stereocenters. The molecular formula is C18H15F2O. The second kappa shape index (κ2) is 5.68. The number of hydrogen-bond donors (Lipinski definition) is 0. The molecule has 0 N–H and O–H groups in total. The molecule has 0 heterocycles. The second-order valence-corrected chi connectivity index (χ2v) is 5.14. The molecule has 1 radical (unpaired) electrons. The molecule has 0 atom stereocenters. The van der Waals surface area contributed by atoms with Gasteiger partial charge in [0.2, 0.25) is 0 Å². The smallest absolute Gasteiger partial charge is 0.126 e.